The van der Waals surface area contributed by atoms with Gasteiger partial charge in [-0.2, -0.15) is 5.26 Å². The van der Waals surface area contributed by atoms with Crippen LogP contribution in [0.5, 0.6) is 5.75 Å². The van der Waals surface area contributed by atoms with Gasteiger partial charge in [-0.25, -0.2) is 4.39 Å². The molecule has 1 aromatic rings. The van der Waals surface area contributed by atoms with E-state index in [1.165, 1.54) is 6.07 Å². The van der Waals surface area contributed by atoms with Crippen LogP contribution in [0.1, 0.15) is 5.56 Å². The fourth-order valence-corrected chi connectivity index (χ4v) is 0.969. The first-order valence-electron chi connectivity index (χ1n) is 2.73. The molecule has 0 heterocycles. The van der Waals surface area contributed by atoms with Gasteiger partial charge in [0.2, 0.25) is 0 Å². The molecule has 2 nitrogen and oxygen atoms in total. The van der Waals surface area contributed by atoms with E-state index in [0.717, 1.165) is 6.07 Å². The monoisotopic (exact) mass is 215 g/mol. The molecule has 0 saturated heterocycles. The molecule has 0 aliphatic rings. The van der Waals surface area contributed by atoms with E-state index in [1.54, 1.807) is 6.07 Å². The lowest BCUT2D eigenvalue weighted by atomic mass is 10.2. The third kappa shape index (κ3) is 1.49. The second-order valence-corrected chi connectivity index (χ2v) is 2.75. The summed E-state index contributed by atoms with van der Waals surface area (Å²) in [4.78, 5) is 0. The van der Waals surface area contributed by atoms with Crippen LogP contribution in [0.25, 0.3) is 0 Å². The number of benzene rings is 1. The lowest BCUT2D eigenvalue weighted by molar-refractivity contribution is 0.466. The molecule has 1 aromatic carbocycles. The number of nitrogens with zero attached hydrogens (tertiary/aromatic N) is 1. The van der Waals surface area contributed by atoms with Gasteiger partial charge in [0.05, 0.1) is 10.0 Å². The summed E-state index contributed by atoms with van der Waals surface area (Å²) in [6.07, 6.45) is 0. The fourth-order valence-electron chi connectivity index (χ4n) is 0.626. The molecule has 4 heteroatoms. The van der Waals surface area contributed by atoms with Crippen LogP contribution in [-0.4, -0.2) is 5.11 Å². The zero-order chi connectivity index (χ0) is 8.43. The third-order valence-corrected chi connectivity index (χ3v) is 1.77. The van der Waals surface area contributed by atoms with E-state index in [1.807, 2.05) is 0 Å². The minimum Gasteiger partial charge on any atom is -0.506 e. The highest BCUT2D eigenvalue weighted by Crippen LogP contribution is 2.24. The van der Waals surface area contributed by atoms with Crippen molar-refractivity contribution in [1.29, 1.82) is 5.26 Å². The van der Waals surface area contributed by atoms with Crippen LogP contribution >= 0.6 is 15.9 Å². The summed E-state index contributed by atoms with van der Waals surface area (Å²) < 4.78 is 12.8. The number of halogens is 2. The van der Waals surface area contributed by atoms with Gasteiger partial charge in [0.25, 0.3) is 0 Å². The Morgan fingerprint density at radius 3 is 2.73 bits per heavy atom. The van der Waals surface area contributed by atoms with E-state index < -0.39 is 5.82 Å². The summed E-state index contributed by atoms with van der Waals surface area (Å²) in [6, 6.07) is 3.83. The van der Waals surface area contributed by atoms with Crippen molar-refractivity contribution in [2.45, 2.75) is 0 Å². The highest BCUT2D eigenvalue weighted by Gasteiger charge is 2.05. The lowest BCUT2D eigenvalue weighted by Gasteiger charge is -1.97. The molecular weight excluding hydrogens is 213 g/mol. The molecular formula is C7H3BrFNO. The van der Waals surface area contributed by atoms with Gasteiger partial charge in [-0.1, -0.05) is 0 Å². The molecule has 1 rings (SSSR count). The Hall–Kier alpha value is -1.08. The van der Waals surface area contributed by atoms with Gasteiger partial charge in [0.15, 0.2) is 0 Å². The minimum absolute atomic E-state index is 0.0540. The molecule has 0 bridgehead atoms. The number of aromatic hydroxyl groups is 1. The van der Waals surface area contributed by atoms with Crippen LogP contribution in [0.3, 0.4) is 0 Å². The Labute approximate surface area is 71.0 Å². The van der Waals surface area contributed by atoms with Gasteiger partial charge in [0.1, 0.15) is 17.6 Å². The van der Waals surface area contributed by atoms with E-state index in [4.69, 9.17) is 10.4 Å². The molecule has 56 valence electrons. The molecule has 0 aliphatic heterocycles. The Balaban J connectivity index is 3.35. The Kier molecular flexibility index (Phi) is 2.11. The Morgan fingerprint density at radius 1 is 1.55 bits per heavy atom. The second-order valence-electron chi connectivity index (χ2n) is 1.90. The number of hydrogen-bond acceptors (Lipinski definition) is 2. The summed E-state index contributed by atoms with van der Waals surface area (Å²) >= 11 is 2.88. The summed E-state index contributed by atoms with van der Waals surface area (Å²) in [6.45, 7) is 0. The Morgan fingerprint density at radius 2 is 2.18 bits per heavy atom. The smallest absolute Gasteiger partial charge is 0.141 e. The molecule has 0 aliphatic carbocycles. The van der Waals surface area contributed by atoms with Crippen LogP contribution in [-0.2, 0) is 0 Å². The summed E-state index contributed by atoms with van der Waals surface area (Å²) in [7, 11) is 0. The second kappa shape index (κ2) is 2.89. The van der Waals surface area contributed by atoms with Gasteiger partial charge < -0.3 is 5.11 Å². The van der Waals surface area contributed by atoms with Crippen molar-refractivity contribution in [2.24, 2.45) is 0 Å². The first kappa shape index (κ1) is 8.02. The van der Waals surface area contributed by atoms with Crippen LogP contribution in [0, 0.1) is 17.1 Å². The van der Waals surface area contributed by atoms with E-state index in [2.05, 4.69) is 15.9 Å². The molecule has 0 unspecified atom stereocenters. The van der Waals surface area contributed by atoms with Crippen LogP contribution in [0.4, 0.5) is 4.39 Å². The van der Waals surface area contributed by atoms with Crippen LogP contribution in [0.15, 0.2) is 16.6 Å². The van der Waals surface area contributed by atoms with Gasteiger partial charge in [-0.05, 0) is 22.0 Å². The fraction of sp³-hybridized carbons (Fsp3) is 0. The predicted molar refractivity (Wildman–Crippen MR) is 40.5 cm³/mol. The first-order chi connectivity index (χ1) is 5.15. The van der Waals surface area contributed by atoms with Crippen molar-refractivity contribution < 1.29 is 9.50 Å². The van der Waals surface area contributed by atoms with E-state index in [-0.39, 0.29) is 15.8 Å². The molecule has 0 saturated carbocycles. The Bertz CT molecular complexity index is 332. The average molecular weight is 216 g/mol. The van der Waals surface area contributed by atoms with E-state index >= 15 is 0 Å². The lowest BCUT2D eigenvalue weighted by Crippen LogP contribution is -1.81. The maximum Gasteiger partial charge on any atom is 0.141 e. The molecule has 0 spiro atoms. The number of phenolic OH excluding ortho intramolecular Hbond substituents is 1. The van der Waals surface area contributed by atoms with Crippen molar-refractivity contribution >= 4 is 15.9 Å². The van der Waals surface area contributed by atoms with Gasteiger partial charge in [-0.3, -0.25) is 0 Å². The minimum atomic E-state index is -0.582. The normalized spacial score (nSPS) is 9.18. The molecule has 0 amide bonds. The van der Waals surface area contributed by atoms with Gasteiger partial charge in [0, 0.05) is 6.07 Å². The third-order valence-electron chi connectivity index (χ3n) is 1.16. The number of nitriles is 1. The summed E-state index contributed by atoms with van der Waals surface area (Å²) in [5.41, 5.74) is 0.0540. The van der Waals surface area contributed by atoms with Crippen molar-refractivity contribution in [2.75, 3.05) is 0 Å². The standard InChI is InChI=1S/C7H3BrFNO/c8-5-1-4(3-10)7(11)2-6(5)9/h1-2,11H. The van der Waals surface area contributed by atoms with E-state index in [0.29, 0.717) is 0 Å². The number of hydrogen-bond donors (Lipinski definition) is 1. The molecule has 11 heavy (non-hydrogen) atoms. The van der Waals surface area contributed by atoms with Crippen molar-refractivity contribution in [3.63, 3.8) is 0 Å². The zero-order valence-electron chi connectivity index (χ0n) is 5.31. The van der Waals surface area contributed by atoms with Gasteiger partial charge in [-0.15, -0.1) is 0 Å². The highest BCUT2D eigenvalue weighted by molar-refractivity contribution is 9.10. The van der Waals surface area contributed by atoms with Crippen LogP contribution < -0.4 is 0 Å². The number of rotatable bonds is 0. The van der Waals surface area contributed by atoms with Crippen molar-refractivity contribution in [1.82, 2.24) is 0 Å². The average Bonchev–Trinajstić information content (AvgIpc) is 1.97. The SMILES string of the molecule is N#Cc1cc(Br)c(F)cc1O. The molecule has 1 N–H and O–H groups in total. The van der Waals surface area contributed by atoms with Crippen LogP contribution in [0.2, 0.25) is 0 Å². The molecule has 0 fully saturated rings. The van der Waals surface area contributed by atoms with E-state index in [9.17, 15) is 4.39 Å². The predicted octanol–water partition coefficient (Wildman–Crippen LogP) is 2.17. The first-order valence-corrected chi connectivity index (χ1v) is 3.52. The summed E-state index contributed by atoms with van der Waals surface area (Å²) in [5.74, 6) is -0.922. The molecule has 0 atom stereocenters. The van der Waals surface area contributed by atoms with Crippen molar-refractivity contribution in [3.05, 3.63) is 28.0 Å². The zero-order valence-corrected chi connectivity index (χ0v) is 6.89. The molecule has 0 aromatic heterocycles. The van der Waals surface area contributed by atoms with Gasteiger partial charge >= 0.3 is 0 Å². The van der Waals surface area contributed by atoms with Crippen molar-refractivity contribution in [3.8, 4) is 11.8 Å². The highest BCUT2D eigenvalue weighted by atomic mass is 79.9. The number of phenols is 1. The maximum atomic E-state index is 12.6. The quantitative estimate of drug-likeness (QED) is 0.722. The maximum absolute atomic E-state index is 12.6. The largest absolute Gasteiger partial charge is 0.506 e. The summed E-state index contributed by atoms with van der Waals surface area (Å²) in [5, 5.41) is 17.3. The molecule has 0 radical (unpaired) electrons. The topological polar surface area (TPSA) is 44.0 Å².